The fourth-order valence-electron chi connectivity index (χ4n) is 0.605. The molecule has 2 N–H and O–H groups in total. The van der Waals surface area contributed by atoms with Crippen molar-refractivity contribution in [2.45, 2.75) is 18.5 Å². The molecule has 0 fully saturated rings. The highest BCUT2D eigenvalue weighted by Gasteiger charge is 2.32. The lowest BCUT2D eigenvalue weighted by Gasteiger charge is -2.13. The van der Waals surface area contributed by atoms with Gasteiger partial charge in [-0.05, 0) is 14.1 Å². The molecule has 0 radical (unpaired) electrons. The van der Waals surface area contributed by atoms with Crippen LogP contribution in [0.2, 0.25) is 0 Å². The van der Waals surface area contributed by atoms with Gasteiger partial charge in [0.1, 0.15) is 12.4 Å². The lowest BCUT2D eigenvalue weighted by Crippen LogP contribution is -2.34. The first-order chi connectivity index (χ1) is 7.19. The van der Waals surface area contributed by atoms with Crippen LogP contribution in [-0.4, -0.2) is 58.0 Å². The van der Waals surface area contributed by atoms with Crippen molar-refractivity contribution in [2.75, 3.05) is 26.5 Å². The Labute approximate surface area is 91.8 Å². The maximum absolute atomic E-state index is 12.4. The van der Waals surface area contributed by atoms with Crippen LogP contribution in [0.4, 0.5) is 17.6 Å². The lowest BCUT2D eigenvalue weighted by atomic mass is 10.2. The largest absolute Gasteiger partial charge is 0.323 e. The Hall–Kier alpha value is -0.410. The topological polar surface area (TPSA) is 66.4 Å². The first-order valence-electron chi connectivity index (χ1n) is 4.21. The van der Waals surface area contributed by atoms with E-state index >= 15 is 0 Å². The fraction of sp³-hybridized carbons (Fsp3) is 1.00. The van der Waals surface area contributed by atoms with Gasteiger partial charge in [0, 0.05) is 0 Å². The van der Waals surface area contributed by atoms with Gasteiger partial charge in [-0.25, -0.2) is 17.6 Å². The normalized spacial score (nSPS) is 16.9. The monoisotopic (exact) mass is 269 g/mol. The molecule has 0 amide bonds. The van der Waals surface area contributed by atoms with Crippen LogP contribution in [0.25, 0.3) is 0 Å². The molecule has 0 aromatic heterocycles. The van der Waals surface area contributed by atoms with Crippen LogP contribution in [0.15, 0.2) is 0 Å². The Kier molecular flexibility index (Phi) is 9.78. The number of hydrogen-bond donors (Lipinski definition) is 2. The van der Waals surface area contributed by atoms with Gasteiger partial charge in [-0.3, -0.25) is 4.55 Å². The molecule has 0 saturated carbocycles. The van der Waals surface area contributed by atoms with Crippen molar-refractivity contribution in [3.8, 4) is 0 Å². The highest BCUT2D eigenvalue weighted by Crippen LogP contribution is 2.14. The highest BCUT2D eigenvalue weighted by atomic mass is 32.2. The third-order valence-electron chi connectivity index (χ3n) is 1.21. The van der Waals surface area contributed by atoms with Gasteiger partial charge in [-0.15, -0.1) is 0 Å². The summed E-state index contributed by atoms with van der Waals surface area (Å²) >= 11 is 0. The van der Waals surface area contributed by atoms with Gasteiger partial charge >= 0.3 is 0 Å². The molecule has 0 saturated heterocycles. The summed E-state index contributed by atoms with van der Waals surface area (Å²) in [5.41, 5.74) is 0. The standard InChI is InChI=1S/C5H8F4O3S.C2H7N/c6-1-3(7)5(9)4(8)2-13(10,11)12;1-3-2/h3-5H,1-2H2,(H,10,11,12);3H,1-2H3. The van der Waals surface area contributed by atoms with Crippen molar-refractivity contribution in [1.29, 1.82) is 0 Å². The maximum Gasteiger partial charge on any atom is 0.267 e. The van der Waals surface area contributed by atoms with Crippen molar-refractivity contribution in [2.24, 2.45) is 0 Å². The molecular weight excluding hydrogens is 254 g/mol. The van der Waals surface area contributed by atoms with E-state index in [1.807, 2.05) is 14.1 Å². The van der Waals surface area contributed by atoms with E-state index in [0.29, 0.717) is 0 Å². The second-order valence-electron chi connectivity index (χ2n) is 2.88. The molecule has 0 aliphatic carbocycles. The third-order valence-corrected chi connectivity index (χ3v) is 1.95. The lowest BCUT2D eigenvalue weighted by molar-refractivity contribution is 0.0761. The van der Waals surface area contributed by atoms with Crippen LogP contribution in [-0.2, 0) is 10.1 Å². The Morgan fingerprint density at radius 2 is 1.56 bits per heavy atom. The number of alkyl halides is 4. The minimum absolute atomic E-state index is 1.57. The van der Waals surface area contributed by atoms with Crippen LogP contribution in [0.5, 0.6) is 0 Å². The van der Waals surface area contributed by atoms with Gasteiger partial charge < -0.3 is 5.32 Å². The van der Waals surface area contributed by atoms with E-state index in [-0.39, 0.29) is 0 Å². The number of halogens is 4. The minimum atomic E-state index is -4.71. The third kappa shape index (κ3) is 10.1. The first-order valence-corrected chi connectivity index (χ1v) is 5.82. The van der Waals surface area contributed by atoms with Crippen molar-refractivity contribution >= 4 is 10.1 Å². The van der Waals surface area contributed by atoms with Crippen molar-refractivity contribution in [3.05, 3.63) is 0 Å². The molecule has 0 aromatic carbocycles. The Balaban J connectivity index is 0. The van der Waals surface area contributed by atoms with Crippen LogP contribution in [0.3, 0.4) is 0 Å². The van der Waals surface area contributed by atoms with Crippen LogP contribution in [0.1, 0.15) is 0 Å². The molecule has 3 atom stereocenters. The van der Waals surface area contributed by atoms with E-state index in [9.17, 15) is 26.0 Å². The second kappa shape index (κ2) is 8.71. The van der Waals surface area contributed by atoms with Gasteiger partial charge in [-0.1, -0.05) is 0 Å². The molecule has 100 valence electrons. The molecule has 0 spiro atoms. The number of nitrogens with one attached hydrogen (secondary N) is 1. The van der Waals surface area contributed by atoms with Gasteiger partial charge in [0.25, 0.3) is 10.1 Å². The second-order valence-corrected chi connectivity index (χ2v) is 4.38. The minimum Gasteiger partial charge on any atom is -0.323 e. The van der Waals surface area contributed by atoms with Crippen molar-refractivity contribution in [1.82, 2.24) is 5.32 Å². The SMILES string of the molecule is CNC.O=S(=O)(O)CC(F)C(F)C(F)CF. The smallest absolute Gasteiger partial charge is 0.267 e. The summed E-state index contributed by atoms with van der Waals surface area (Å²) in [4.78, 5) is 0. The quantitative estimate of drug-likeness (QED) is 0.569. The molecule has 0 bridgehead atoms. The predicted molar refractivity (Wildman–Crippen MR) is 52.1 cm³/mol. The summed E-state index contributed by atoms with van der Waals surface area (Å²) < 4.78 is 76.3. The predicted octanol–water partition coefficient (Wildman–Crippen LogP) is 0.694. The van der Waals surface area contributed by atoms with Gasteiger partial charge in [0.05, 0.1) is 0 Å². The van der Waals surface area contributed by atoms with E-state index in [0.717, 1.165) is 0 Å². The Morgan fingerprint density at radius 3 is 1.81 bits per heavy atom. The zero-order chi connectivity index (χ0) is 13.4. The van der Waals surface area contributed by atoms with E-state index in [1.54, 1.807) is 0 Å². The number of hydrogen-bond acceptors (Lipinski definition) is 3. The molecule has 9 heteroatoms. The summed E-state index contributed by atoms with van der Waals surface area (Å²) in [6.07, 6.45) is -8.36. The molecule has 0 aliphatic heterocycles. The molecule has 3 unspecified atom stereocenters. The molecule has 4 nitrogen and oxygen atoms in total. The summed E-state index contributed by atoms with van der Waals surface area (Å²) in [6, 6.07) is 0. The maximum atomic E-state index is 12.4. The van der Waals surface area contributed by atoms with E-state index in [1.165, 1.54) is 0 Å². The molecule has 0 rings (SSSR count). The molecule has 0 aliphatic rings. The Bertz CT molecular complexity index is 262. The molecule has 16 heavy (non-hydrogen) atoms. The van der Waals surface area contributed by atoms with Gasteiger partial charge in [0.2, 0.25) is 0 Å². The molecule has 0 aromatic rings. The highest BCUT2D eigenvalue weighted by molar-refractivity contribution is 7.85. The van der Waals surface area contributed by atoms with Gasteiger partial charge in [-0.2, -0.15) is 8.42 Å². The Morgan fingerprint density at radius 1 is 1.19 bits per heavy atom. The average Bonchev–Trinajstić information content (AvgIpc) is 2.14. The van der Waals surface area contributed by atoms with E-state index in [2.05, 4.69) is 5.32 Å². The molecule has 0 heterocycles. The summed E-state index contributed by atoms with van der Waals surface area (Å²) in [5, 5.41) is 2.75. The van der Waals surface area contributed by atoms with Crippen molar-refractivity contribution in [3.63, 3.8) is 0 Å². The summed E-state index contributed by atoms with van der Waals surface area (Å²) in [7, 11) is -0.964. The van der Waals surface area contributed by atoms with Crippen molar-refractivity contribution < 1.29 is 30.5 Å². The summed E-state index contributed by atoms with van der Waals surface area (Å²) in [5.74, 6) is -1.57. The van der Waals surface area contributed by atoms with E-state index in [4.69, 9.17) is 4.55 Å². The molecular formula is C7H15F4NO3S. The van der Waals surface area contributed by atoms with Crippen LogP contribution in [0, 0.1) is 0 Å². The zero-order valence-electron chi connectivity index (χ0n) is 8.83. The average molecular weight is 269 g/mol. The van der Waals surface area contributed by atoms with Crippen LogP contribution < -0.4 is 5.32 Å². The first kappa shape index (κ1) is 18.0. The van der Waals surface area contributed by atoms with Crippen LogP contribution >= 0.6 is 0 Å². The fourth-order valence-corrected chi connectivity index (χ4v) is 1.19. The van der Waals surface area contributed by atoms with E-state index < -0.39 is 41.1 Å². The summed E-state index contributed by atoms with van der Waals surface area (Å²) in [6.45, 7) is -1.74. The number of rotatable bonds is 5. The zero-order valence-corrected chi connectivity index (χ0v) is 9.65. The van der Waals surface area contributed by atoms with Gasteiger partial charge in [0.15, 0.2) is 18.5 Å².